The Hall–Kier alpha value is -3.23. The van der Waals surface area contributed by atoms with Crippen LogP contribution in [0.15, 0.2) is 42.5 Å². The molecule has 0 atom stereocenters. The lowest BCUT2D eigenvalue weighted by molar-refractivity contribution is 0.477. The molecule has 5 nitrogen and oxygen atoms in total. The van der Waals surface area contributed by atoms with Gasteiger partial charge >= 0.3 is 0 Å². The molecule has 25 heavy (non-hydrogen) atoms. The predicted molar refractivity (Wildman–Crippen MR) is 97.3 cm³/mol. The molecule has 0 aliphatic rings. The average molecular weight is 352 g/mol. The van der Waals surface area contributed by atoms with Crippen LogP contribution < -0.4 is 5.73 Å². The van der Waals surface area contributed by atoms with Gasteiger partial charge in [0.15, 0.2) is 0 Å². The van der Waals surface area contributed by atoms with Gasteiger partial charge in [0.2, 0.25) is 0 Å². The standard InChI is InChI=1S/C19H14ClN3O2/c1-10-6-13(18(25)15(20)7-10)16-8-12(14(9-21)19(22)23-16)11-4-2-3-5-17(11)24/h2-8,24-25H,1H3,(H2,22,23). The van der Waals surface area contributed by atoms with Crippen LogP contribution in [0, 0.1) is 18.3 Å². The number of nitriles is 1. The van der Waals surface area contributed by atoms with Crippen LogP contribution in [-0.2, 0) is 0 Å². The Morgan fingerprint density at radius 3 is 2.48 bits per heavy atom. The number of para-hydroxylation sites is 1. The zero-order valence-electron chi connectivity index (χ0n) is 13.3. The molecular weight excluding hydrogens is 338 g/mol. The van der Waals surface area contributed by atoms with E-state index in [0.29, 0.717) is 22.4 Å². The summed E-state index contributed by atoms with van der Waals surface area (Å²) in [4.78, 5) is 4.23. The van der Waals surface area contributed by atoms with E-state index in [2.05, 4.69) is 4.98 Å². The van der Waals surface area contributed by atoms with Crippen LogP contribution in [0.3, 0.4) is 0 Å². The number of benzene rings is 2. The van der Waals surface area contributed by atoms with E-state index in [1.165, 1.54) is 6.07 Å². The van der Waals surface area contributed by atoms with E-state index in [4.69, 9.17) is 17.3 Å². The first kappa shape index (κ1) is 16.6. The molecule has 1 aromatic heterocycles. The fourth-order valence-corrected chi connectivity index (χ4v) is 2.94. The van der Waals surface area contributed by atoms with Crippen LogP contribution in [0.25, 0.3) is 22.4 Å². The van der Waals surface area contributed by atoms with Crippen LogP contribution in [0.1, 0.15) is 11.1 Å². The largest absolute Gasteiger partial charge is 0.507 e. The van der Waals surface area contributed by atoms with E-state index in [-0.39, 0.29) is 27.9 Å². The van der Waals surface area contributed by atoms with Gasteiger partial charge in [0.1, 0.15) is 28.9 Å². The number of rotatable bonds is 2. The molecule has 0 spiro atoms. The van der Waals surface area contributed by atoms with E-state index in [0.717, 1.165) is 5.56 Å². The number of anilines is 1. The Bertz CT molecular complexity index is 1030. The number of phenolic OH excluding ortho intramolecular Hbond substituents is 2. The molecule has 0 aliphatic heterocycles. The number of halogens is 1. The lowest BCUT2D eigenvalue weighted by atomic mass is 9.97. The molecule has 0 fully saturated rings. The quantitative estimate of drug-likeness (QED) is 0.640. The van der Waals surface area contributed by atoms with E-state index in [9.17, 15) is 15.5 Å². The second kappa shape index (κ2) is 6.34. The molecular formula is C19H14ClN3O2. The van der Waals surface area contributed by atoms with Gasteiger partial charge in [-0.05, 0) is 36.8 Å². The minimum absolute atomic E-state index is 0.00952. The van der Waals surface area contributed by atoms with Crippen molar-refractivity contribution in [3.63, 3.8) is 0 Å². The first-order valence-electron chi connectivity index (χ1n) is 7.41. The summed E-state index contributed by atoms with van der Waals surface area (Å²) < 4.78 is 0. The Morgan fingerprint density at radius 2 is 1.80 bits per heavy atom. The van der Waals surface area contributed by atoms with E-state index in [1.807, 2.05) is 13.0 Å². The maximum Gasteiger partial charge on any atom is 0.143 e. The number of phenols is 2. The second-order valence-corrected chi connectivity index (χ2v) is 5.99. The molecule has 3 aromatic rings. The topological polar surface area (TPSA) is 103 Å². The van der Waals surface area contributed by atoms with Gasteiger partial charge < -0.3 is 15.9 Å². The Kier molecular flexibility index (Phi) is 4.22. The van der Waals surface area contributed by atoms with Crippen molar-refractivity contribution in [2.24, 2.45) is 0 Å². The van der Waals surface area contributed by atoms with Crippen LogP contribution in [-0.4, -0.2) is 15.2 Å². The molecule has 0 unspecified atom stereocenters. The number of aromatic nitrogens is 1. The number of pyridine rings is 1. The summed E-state index contributed by atoms with van der Waals surface area (Å²) in [6.07, 6.45) is 0. The maximum absolute atomic E-state index is 10.3. The molecule has 1 heterocycles. The van der Waals surface area contributed by atoms with Gasteiger partial charge in [-0.1, -0.05) is 29.8 Å². The van der Waals surface area contributed by atoms with Gasteiger partial charge in [0.05, 0.1) is 10.7 Å². The van der Waals surface area contributed by atoms with Gasteiger partial charge in [-0.15, -0.1) is 0 Å². The highest BCUT2D eigenvalue weighted by Gasteiger charge is 2.18. The highest BCUT2D eigenvalue weighted by molar-refractivity contribution is 6.32. The average Bonchev–Trinajstić information content (AvgIpc) is 2.58. The number of nitrogens with zero attached hydrogens (tertiary/aromatic N) is 2. The van der Waals surface area contributed by atoms with E-state index in [1.54, 1.807) is 36.4 Å². The lowest BCUT2D eigenvalue weighted by Crippen LogP contribution is -2.00. The van der Waals surface area contributed by atoms with Crippen molar-refractivity contribution in [3.05, 3.63) is 58.6 Å². The van der Waals surface area contributed by atoms with Crippen molar-refractivity contribution < 1.29 is 10.2 Å². The van der Waals surface area contributed by atoms with Crippen molar-refractivity contribution in [3.8, 4) is 40.0 Å². The monoisotopic (exact) mass is 351 g/mol. The number of nitrogen functional groups attached to an aromatic ring is 1. The number of nitrogens with two attached hydrogens (primary N) is 1. The zero-order chi connectivity index (χ0) is 18.1. The fourth-order valence-electron chi connectivity index (χ4n) is 2.66. The summed E-state index contributed by atoms with van der Waals surface area (Å²) in [5.74, 6) is -0.0931. The molecule has 6 heteroatoms. The molecule has 0 bridgehead atoms. The lowest BCUT2D eigenvalue weighted by Gasteiger charge is -2.13. The maximum atomic E-state index is 10.3. The number of aromatic hydroxyl groups is 2. The number of aryl methyl sites for hydroxylation is 1. The van der Waals surface area contributed by atoms with Crippen molar-refractivity contribution in [2.45, 2.75) is 6.92 Å². The highest BCUT2D eigenvalue weighted by Crippen LogP contribution is 2.40. The summed E-state index contributed by atoms with van der Waals surface area (Å²) in [5, 5.41) is 30.1. The normalized spacial score (nSPS) is 10.4. The third-order valence-electron chi connectivity index (χ3n) is 3.84. The van der Waals surface area contributed by atoms with Gasteiger partial charge in [-0.3, -0.25) is 0 Å². The van der Waals surface area contributed by atoms with Crippen LogP contribution >= 0.6 is 11.6 Å². The first-order chi connectivity index (χ1) is 11.9. The molecule has 2 aromatic carbocycles. The van der Waals surface area contributed by atoms with E-state index < -0.39 is 0 Å². The summed E-state index contributed by atoms with van der Waals surface area (Å²) in [6.45, 7) is 1.84. The minimum atomic E-state index is -0.118. The molecule has 4 N–H and O–H groups in total. The van der Waals surface area contributed by atoms with Gasteiger partial charge in [0, 0.05) is 16.7 Å². The number of hydrogen-bond acceptors (Lipinski definition) is 5. The zero-order valence-corrected chi connectivity index (χ0v) is 14.0. The Balaban J connectivity index is 2.33. The van der Waals surface area contributed by atoms with Crippen molar-refractivity contribution in [1.29, 1.82) is 5.26 Å². The molecule has 0 aliphatic carbocycles. The van der Waals surface area contributed by atoms with Crippen molar-refractivity contribution >= 4 is 17.4 Å². The number of hydrogen-bond donors (Lipinski definition) is 3. The third-order valence-corrected chi connectivity index (χ3v) is 4.13. The Morgan fingerprint density at radius 1 is 1.08 bits per heavy atom. The van der Waals surface area contributed by atoms with Crippen LogP contribution in [0.5, 0.6) is 11.5 Å². The van der Waals surface area contributed by atoms with Gasteiger partial charge in [-0.25, -0.2) is 4.98 Å². The fraction of sp³-hybridized carbons (Fsp3) is 0.0526. The van der Waals surface area contributed by atoms with E-state index >= 15 is 0 Å². The second-order valence-electron chi connectivity index (χ2n) is 5.59. The summed E-state index contributed by atoms with van der Waals surface area (Å²) >= 11 is 6.05. The van der Waals surface area contributed by atoms with Crippen molar-refractivity contribution in [1.82, 2.24) is 4.98 Å². The third kappa shape index (κ3) is 2.95. The summed E-state index contributed by atoms with van der Waals surface area (Å²) in [7, 11) is 0. The van der Waals surface area contributed by atoms with Gasteiger partial charge in [-0.2, -0.15) is 5.26 Å². The van der Waals surface area contributed by atoms with Crippen LogP contribution in [0.2, 0.25) is 5.02 Å². The smallest absolute Gasteiger partial charge is 0.143 e. The Labute approximate surface area is 149 Å². The van der Waals surface area contributed by atoms with Crippen molar-refractivity contribution in [2.75, 3.05) is 5.73 Å². The molecule has 0 saturated carbocycles. The minimum Gasteiger partial charge on any atom is -0.507 e. The van der Waals surface area contributed by atoms with Gasteiger partial charge in [0.25, 0.3) is 0 Å². The molecule has 0 saturated heterocycles. The summed E-state index contributed by atoms with van der Waals surface area (Å²) in [6, 6.07) is 13.6. The molecule has 0 amide bonds. The predicted octanol–water partition coefficient (Wildman–Crippen LogP) is 4.24. The molecule has 3 rings (SSSR count). The highest BCUT2D eigenvalue weighted by atomic mass is 35.5. The SMILES string of the molecule is Cc1cc(Cl)c(O)c(-c2cc(-c3ccccc3O)c(C#N)c(N)n2)c1. The molecule has 124 valence electrons. The summed E-state index contributed by atoms with van der Waals surface area (Å²) in [5.41, 5.74) is 8.59. The first-order valence-corrected chi connectivity index (χ1v) is 7.78. The molecule has 0 radical (unpaired) electrons. The van der Waals surface area contributed by atoms with Crippen LogP contribution in [0.4, 0.5) is 5.82 Å².